The summed E-state index contributed by atoms with van der Waals surface area (Å²) in [6.45, 7) is 2.85. The molecule has 0 aromatic heterocycles. The summed E-state index contributed by atoms with van der Waals surface area (Å²) in [5, 5.41) is 5.20. The zero-order chi connectivity index (χ0) is 10.3. The molecular formula is C8H17N3O2. The Bertz CT molecular complexity index is 182. The van der Waals surface area contributed by atoms with Crippen molar-refractivity contribution in [2.24, 2.45) is 0 Å². The van der Waals surface area contributed by atoms with Gasteiger partial charge in [0.15, 0.2) is 0 Å². The summed E-state index contributed by atoms with van der Waals surface area (Å²) in [5.41, 5.74) is 0. The first-order chi connectivity index (χ1) is 6.11. The number of nitrogens with zero attached hydrogens (tertiary/aromatic N) is 1. The van der Waals surface area contributed by atoms with Crippen LogP contribution in [0.2, 0.25) is 0 Å². The van der Waals surface area contributed by atoms with Crippen LogP contribution in [0, 0.1) is 0 Å². The average molecular weight is 187 g/mol. The van der Waals surface area contributed by atoms with E-state index in [0.29, 0.717) is 6.54 Å². The lowest BCUT2D eigenvalue weighted by Gasteiger charge is -2.14. The maximum Gasteiger partial charge on any atom is 0.241 e. The van der Waals surface area contributed by atoms with Crippen LogP contribution in [0.4, 0.5) is 0 Å². The quantitative estimate of drug-likeness (QED) is 0.568. The topological polar surface area (TPSA) is 61.4 Å². The molecule has 0 radical (unpaired) electrons. The molecule has 2 N–H and O–H groups in total. The molecule has 0 spiro atoms. The van der Waals surface area contributed by atoms with Gasteiger partial charge >= 0.3 is 0 Å². The van der Waals surface area contributed by atoms with Crippen LogP contribution in [0.3, 0.4) is 0 Å². The fraction of sp³-hybridized carbons (Fsp3) is 0.750. The Morgan fingerprint density at radius 3 is 2.38 bits per heavy atom. The van der Waals surface area contributed by atoms with Crippen molar-refractivity contribution in [3.05, 3.63) is 0 Å². The van der Waals surface area contributed by atoms with Crippen LogP contribution in [-0.2, 0) is 9.59 Å². The van der Waals surface area contributed by atoms with Crippen LogP contribution in [0.1, 0.15) is 6.92 Å². The van der Waals surface area contributed by atoms with Gasteiger partial charge in [-0.3, -0.25) is 9.59 Å². The summed E-state index contributed by atoms with van der Waals surface area (Å²) in [6, 6.07) is 0. The maximum absolute atomic E-state index is 11.2. The van der Waals surface area contributed by atoms with Gasteiger partial charge in [0.2, 0.25) is 11.8 Å². The van der Waals surface area contributed by atoms with Crippen molar-refractivity contribution in [1.82, 2.24) is 15.5 Å². The van der Waals surface area contributed by atoms with Crippen LogP contribution < -0.4 is 10.6 Å². The minimum Gasteiger partial charge on any atom is -0.346 e. The van der Waals surface area contributed by atoms with Gasteiger partial charge in [-0.15, -0.1) is 0 Å². The Kier molecular flexibility index (Phi) is 5.88. The molecule has 0 unspecified atom stereocenters. The highest BCUT2D eigenvalue weighted by Gasteiger charge is 2.07. The molecule has 0 fully saturated rings. The fourth-order valence-corrected chi connectivity index (χ4v) is 0.709. The first kappa shape index (κ1) is 11.9. The number of carbonyl (C=O) groups excluding carboxylic acids is 2. The lowest BCUT2D eigenvalue weighted by Crippen LogP contribution is -2.40. The SMILES string of the molecule is CCN(C)C(=O)CNC(=O)CNC. The van der Waals surface area contributed by atoms with Crippen LogP contribution in [0.25, 0.3) is 0 Å². The number of nitrogens with one attached hydrogen (secondary N) is 2. The van der Waals surface area contributed by atoms with Crippen molar-refractivity contribution in [2.75, 3.05) is 33.7 Å². The van der Waals surface area contributed by atoms with E-state index in [1.807, 2.05) is 6.92 Å². The van der Waals surface area contributed by atoms with Crippen LogP contribution >= 0.6 is 0 Å². The fourth-order valence-electron chi connectivity index (χ4n) is 0.709. The van der Waals surface area contributed by atoms with E-state index in [0.717, 1.165) is 0 Å². The lowest BCUT2D eigenvalue weighted by atomic mass is 10.4. The van der Waals surface area contributed by atoms with Gasteiger partial charge in [0.1, 0.15) is 0 Å². The molecule has 0 aliphatic rings. The van der Waals surface area contributed by atoms with E-state index in [1.165, 1.54) is 0 Å². The number of hydrogen-bond donors (Lipinski definition) is 2. The first-order valence-corrected chi connectivity index (χ1v) is 4.27. The molecule has 0 aromatic carbocycles. The van der Waals surface area contributed by atoms with E-state index in [9.17, 15) is 9.59 Å². The Labute approximate surface area is 78.5 Å². The van der Waals surface area contributed by atoms with Gasteiger partial charge in [-0.25, -0.2) is 0 Å². The van der Waals surface area contributed by atoms with Crippen molar-refractivity contribution < 1.29 is 9.59 Å². The molecule has 13 heavy (non-hydrogen) atoms. The van der Waals surface area contributed by atoms with Gasteiger partial charge in [-0.1, -0.05) is 0 Å². The minimum absolute atomic E-state index is 0.0743. The molecular weight excluding hydrogens is 170 g/mol. The Morgan fingerprint density at radius 1 is 1.31 bits per heavy atom. The van der Waals surface area contributed by atoms with Gasteiger partial charge < -0.3 is 15.5 Å². The predicted octanol–water partition coefficient (Wildman–Crippen LogP) is -1.20. The second-order valence-electron chi connectivity index (χ2n) is 2.71. The van der Waals surface area contributed by atoms with Crippen molar-refractivity contribution in [2.45, 2.75) is 6.92 Å². The predicted molar refractivity (Wildman–Crippen MR) is 50.2 cm³/mol. The van der Waals surface area contributed by atoms with Crippen molar-refractivity contribution in [1.29, 1.82) is 0 Å². The third-order valence-corrected chi connectivity index (χ3v) is 1.67. The number of amides is 2. The smallest absolute Gasteiger partial charge is 0.241 e. The maximum atomic E-state index is 11.2. The lowest BCUT2D eigenvalue weighted by molar-refractivity contribution is -0.131. The van der Waals surface area contributed by atoms with Gasteiger partial charge in [0.25, 0.3) is 0 Å². The van der Waals surface area contributed by atoms with E-state index >= 15 is 0 Å². The van der Waals surface area contributed by atoms with Gasteiger partial charge in [-0.2, -0.15) is 0 Å². The van der Waals surface area contributed by atoms with Crippen LogP contribution in [0.15, 0.2) is 0 Å². The van der Waals surface area contributed by atoms with E-state index < -0.39 is 0 Å². The van der Waals surface area contributed by atoms with E-state index in [4.69, 9.17) is 0 Å². The molecule has 0 aliphatic carbocycles. The molecule has 0 rings (SSSR count). The van der Waals surface area contributed by atoms with Gasteiger partial charge in [0, 0.05) is 13.6 Å². The normalized spacial score (nSPS) is 9.46. The third kappa shape index (κ3) is 5.19. The minimum atomic E-state index is -0.166. The highest BCUT2D eigenvalue weighted by atomic mass is 16.2. The second kappa shape index (κ2) is 6.42. The van der Waals surface area contributed by atoms with E-state index in [1.54, 1.807) is 19.0 Å². The zero-order valence-electron chi connectivity index (χ0n) is 8.39. The average Bonchev–Trinajstić information content (AvgIpc) is 2.13. The molecule has 0 aliphatic heterocycles. The molecule has 76 valence electrons. The molecule has 0 heterocycles. The highest BCUT2D eigenvalue weighted by molar-refractivity contribution is 5.85. The number of carbonyl (C=O) groups is 2. The zero-order valence-corrected chi connectivity index (χ0v) is 8.39. The summed E-state index contributed by atoms with van der Waals surface area (Å²) in [7, 11) is 3.38. The van der Waals surface area contributed by atoms with E-state index in [-0.39, 0.29) is 24.9 Å². The Balaban J connectivity index is 3.63. The Morgan fingerprint density at radius 2 is 1.92 bits per heavy atom. The first-order valence-electron chi connectivity index (χ1n) is 4.27. The number of likely N-dealkylation sites (N-methyl/N-ethyl adjacent to an activating group) is 2. The monoisotopic (exact) mass is 187 g/mol. The summed E-state index contributed by atoms with van der Waals surface area (Å²) < 4.78 is 0. The summed E-state index contributed by atoms with van der Waals surface area (Å²) >= 11 is 0. The van der Waals surface area contributed by atoms with E-state index in [2.05, 4.69) is 10.6 Å². The molecule has 0 saturated heterocycles. The highest BCUT2D eigenvalue weighted by Crippen LogP contribution is 1.81. The molecule has 5 heteroatoms. The van der Waals surface area contributed by atoms with Crippen LogP contribution in [-0.4, -0.2) is 50.4 Å². The summed E-state index contributed by atoms with van der Waals surface area (Å²) in [6.07, 6.45) is 0. The molecule has 0 saturated carbocycles. The van der Waals surface area contributed by atoms with Crippen molar-refractivity contribution >= 4 is 11.8 Å². The third-order valence-electron chi connectivity index (χ3n) is 1.67. The molecule has 0 atom stereocenters. The molecule has 0 bridgehead atoms. The second-order valence-corrected chi connectivity index (χ2v) is 2.71. The molecule has 0 aromatic rings. The van der Waals surface area contributed by atoms with Crippen LogP contribution in [0.5, 0.6) is 0 Å². The largest absolute Gasteiger partial charge is 0.346 e. The number of hydrogen-bond acceptors (Lipinski definition) is 3. The van der Waals surface area contributed by atoms with Gasteiger partial charge in [-0.05, 0) is 14.0 Å². The summed E-state index contributed by atoms with van der Waals surface area (Å²) in [4.78, 5) is 23.6. The number of rotatable bonds is 5. The van der Waals surface area contributed by atoms with Gasteiger partial charge in [0.05, 0.1) is 13.1 Å². The molecule has 2 amide bonds. The van der Waals surface area contributed by atoms with Crippen molar-refractivity contribution in [3.63, 3.8) is 0 Å². The molecule has 5 nitrogen and oxygen atoms in total. The van der Waals surface area contributed by atoms with Crippen molar-refractivity contribution in [3.8, 4) is 0 Å². The standard InChI is InChI=1S/C8H17N3O2/c1-4-11(3)8(13)6-10-7(12)5-9-2/h9H,4-6H2,1-3H3,(H,10,12). The Hall–Kier alpha value is -1.10. The summed E-state index contributed by atoms with van der Waals surface area (Å²) in [5.74, 6) is -0.243.